The molecular weight excluding hydrogens is 222 g/mol. The van der Waals surface area contributed by atoms with Gasteiger partial charge in [0.05, 0.1) is 4.90 Å². The molecule has 0 aliphatic heterocycles. The first-order valence-corrected chi connectivity index (χ1v) is 7.42. The van der Waals surface area contributed by atoms with Crippen molar-refractivity contribution in [2.24, 2.45) is 5.92 Å². The van der Waals surface area contributed by atoms with E-state index in [4.69, 9.17) is 0 Å². The summed E-state index contributed by atoms with van der Waals surface area (Å²) < 4.78 is 22.8. The molecule has 16 heavy (non-hydrogen) atoms. The minimum Gasteiger partial charge on any atom is -0.382 e. The lowest BCUT2D eigenvalue weighted by Gasteiger charge is -2.14. The molecule has 88 valence electrons. The number of rotatable bonds is 4. The standard InChI is InChI=1S/C12H17NO2S/c1-9(10-6-7-10)13-11-4-3-5-12(8-11)16(2,14)15/h3-5,8-10,13H,6-7H2,1-2H3. The number of hydrogen-bond acceptors (Lipinski definition) is 3. The van der Waals surface area contributed by atoms with Crippen LogP contribution in [0, 0.1) is 5.92 Å². The van der Waals surface area contributed by atoms with Crippen LogP contribution in [0.3, 0.4) is 0 Å². The lowest BCUT2D eigenvalue weighted by Crippen LogP contribution is -2.17. The van der Waals surface area contributed by atoms with Gasteiger partial charge in [0.15, 0.2) is 9.84 Å². The Bertz CT molecular complexity index is 478. The maximum atomic E-state index is 11.4. The van der Waals surface area contributed by atoms with Gasteiger partial charge in [0.2, 0.25) is 0 Å². The van der Waals surface area contributed by atoms with Crippen molar-refractivity contribution in [3.05, 3.63) is 24.3 Å². The molecule has 0 saturated heterocycles. The van der Waals surface area contributed by atoms with E-state index in [-0.39, 0.29) is 0 Å². The third kappa shape index (κ3) is 2.76. The van der Waals surface area contributed by atoms with Crippen LogP contribution in [-0.4, -0.2) is 20.7 Å². The molecule has 1 aromatic rings. The summed E-state index contributed by atoms with van der Waals surface area (Å²) in [6.45, 7) is 2.14. The van der Waals surface area contributed by atoms with Crippen LogP contribution in [0.25, 0.3) is 0 Å². The molecule has 0 aromatic heterocycles. The second kappa shape index (κ2) is 4.09. The summed E-state index contributed by atoms with van der Waals surface area (Å²) in [6, 6.07) is 7.44. The fourth-order valence-corrected chi connectivity index (χ4v) is 2.46. The van der Waals surface area contributed by atoms with Gasteiger partial charge in [0, 0.05) is 18.0 Å². The summed E-state index contributed by atoms with van der Waals surface area (Å²) in [7, 11) is -3.11. The van der Waals surface area contributed by atoms with Gasteiger partial charge in [0.1, 0.15) is 0 Å². The topological polar surface area (TPSA) is 46.2 Å². The van der Waals surface area contributed by atoms with Crippen molar-refractivity contribution < 1.29 is 8.42 Å². The van der Waals surface area contributed by atoms with Crippen molar-refractivity contribution in [3.8, 4) is 0 Å². The molecule has 0 radical (unpaired) electrons. The Morgan fingerprint density at radius 1 is 1.38 bits per heavy atom. The lowest BCUT2D eigenvalue weighted by atomic mass is 10.2. The zero-order valence-corrected chi connectivity index (χ0v) is 10.4. The number of sulfone groups is 1. The lowest BCUT2D eigenvalue weighted by molar-refractivity contribution is 0.602. The Hall–Kier alpha value is -1.03. The predicted molar refractivity (Wildman–Crippen MR) is 65.4 cm³/mol. The van der Waals surface area contributed by atoms with Gasteiger partial charge in [0.25, 0.3) is 0 Å². The van der Waals surface area contributed by atoms with Gasteiger partial charge in [-0.3, -0.25) is 0 Å². The minimum absolute atomic E-state index is 0.375. The van der Waals surface area contributed by atoms with Crippen LogP contribution in [0.2, 0.25) is 0 Å². The maximum absolute atomic E-state index is 11.4. The normalized spacial score (nSPS) is 18.1. The maximum Gasteiger partial charge on any atom is 0.175 e. The molecular formula is C12H17NO2S. The molecule has 0 heterocycles. The highest BCUT2D eigenvalue weighted by molar-refractivity contribution is 7.90. The Morgan fingerprint density at radius 2 is 2.06 bits per heavy atom. The highest BCUT2D eigenvalue weighted by Gasteiger charge is 2.27. The molecule has 0 bridgehead atoms. The average Bonchev–Trinajstić information content (AvgIpc) is 2.99. The molecule has 1 atom stereocenters. The quantitative estimate of drug-likeness (QED) is 0.877. The van der Waals surface area contributed by atoms with E-state index in [0.29, 0.717) is 10.9 Å². The van der Waals surface area contributed by atoms with Crippen LogP contribution in [0.5, 0.6) is 0 Å². The van der Waals surface area contributed by atoms with Crippen LogP contribution in [-0.2, 0) is 9.84 Å². The molecule has 1 aliphatic rings. The largest absolute Gasteiger partial charge is 0.382 e. The van der Waals surface area contributed by atoms with Crippen LogP contribution in [0.4, 0.5) is 5.69 Å². The number of benzene rings is 1. The molecule has 1 unspecified atom stereocenters. The van der Waals surface area contributed by atoms with Crippen LogP contribution in [0.1, 0.15) is 19.8 Å². The third-order valence-electron chi connectivity index (χ3n) is 2.99. The number of hydrogen-bond donors (Lipinski definition) is 1. The predicted octanol–water partition coefficient (Wildman–Crippen LogP) is 2.30. The molecule has 1 N–H and O–H groups in total. The Labute approximate surface area is 96.8 Å². The van der Waals surface area contributed by atoms with E-state index in [0.717, 1.165) is 11.6 Å². The highest BCUT2D eigenvalue weighted by Crippen LogP contribution is 2.34. The van der Waals surface area contributed by atoms with Crippen molar-refractivity contribution in [1.29, 1.82) is 0 Å². The van der Waals surface area contributed by atoms with Crippen molar-refractivity contribution in [1.82, 2.24) is 0 Å². The average molecular weight is 239 g/mol. The highest BCUT2D eigenvalue weighted by atomic mass is 32.2. The van der Waals surface area contributed by atoms with Gasteiger partial charge in [-0.1, -0.05) is 6.07 Å². The Morgan fingerprint density at radius 3 is 2.62 bits per heavy atom. The van der Waals surface area contributed by atoms with E-state index < -0.39 is 9.84 Å². The molecule has 1 aliphatic carbocycles. The van der Waals surface area contributed by atoms with Crippen molar-refractivity contribution in [2.45, 2.75) is 30.7 Å². The molecule has 4 heteroatoms. The first-order chi connectivity index (χ1) is 7.47. The third-order valence-corrected chi connectivity index (χ3v) is 4.10. The Balaban J connectivity index is 2.15. The van der Waals surface area contributed by atoms with Gasteiger partial charge < -0.3 is 5.32 Å². The van der Waals surface area contributed by atoms with Gasteiger partial charge in [-0.05, 0) is 43.9 Å². The van der Waals surface area contributed by atoms with Gasteiger partial charge >= 0.3 is 0 Å². The molecule has 0 amide bonds. The molecule has 1 aromatic carbocycles. The minimum atomic E-state index is -3.11. The van der Waals surface area contributed by atoms with E-state index in [9.17, 15) is 8.42 Å². The summed E-state index contributed by atoms with van der Waals surface area (Å²) in [5, 5.41) is 3.35. The molecule has 3 nitrogen and oxygen atoms in total. The first kappa shape index (κ1) is 11.5. The monoisotopic (exact) mass is 239 g/mol. The fourth-order valence-electron chi connectivity index (χ4n) is 1.79. The van der Waals surface area contributed by atoms with Crippen LogP contribution < -0.4 is 5.32 Å². The summed E-state index contributed by atoms with van der Waals surface area (Å²) >= 11 is 0. The Kier molecular flexibility index (Phi) is 2.93. The van der Waals surface area contributed by atoms with E-state index in [1.807, 2.05) is 6.07 Å². The van der Waals surface area contributed by atoms with Crippen LogP contribution >= 0.6 is 0 Å². The zero-order valence-electron chi connectivity index (χ0n) is 9.60. The number of nitrogens with one attached hydrogen (secondary N) is 1. The van der Waals surface area contributed by atoms with E-state index >= 15 is 0 Å². The molecule has 0 spiro atoms. The van der Waals surface area contributed by atoms with Crippen molar-refractivity contribution in [2.75, 3.05) is 11.6 Å². The molecule has 1 fully saturated rings. The SMILES string of the molecule is CC(Nc1cccc(S(C)(=O)=O)c1)C1CC1. The first-order valence-electron chi connectivity index (χ1n) is 5.53. The van der Waals surface area contributed by atoms with Gasteiger partial charge in [-0.2, -0.15) is 0 Å². The molecule has 2 rings (SSSR count). The smallest absolute Gasteiger partial charge is 0.175 e. The fraction of sp³-hybridized carbons (Fsp3) is 0.500. The zero-order chi connectivity index (χ0) is 11.8. The van der Waals surface area contributed by atoms with E-state index in [2.05, 4.69) is 12.2 Å². The van der Waals surface area contributed by atoms with Crippen LogP contribution in [0.15, 0.2) is 29.2 Å². The van der Waals surface area contributed by atoms with E-state index in [1.54, 1.807) is 18.2 Å². The second-order valence-corrected chi connectivity index (χ2v) is 6.59. The number of anilines is 1. The summed E-state index contributed by atoms with van der Waals surface area (Å²) in [5.41, 5.74) is 0.891. The van der Waals surface area contributed by atoms with Gasteiger partial charge in [-0.15, -0.1) is 0 Å². The molecule has 1 saturated carbocycles. The summed E-state index contributed by atoms with van der Waals surface area (Å²) in [6.07, 6.45) is 3.79. The second-order valence-electron chi connectivity index (χ2n) is 4.57. The van der Waals surface area contributed by atoms with E-state index in [1.165, 1.54) is 19.1 Å². The van der Waals surface area contributed by atoms with Crippen molar-refractivity contribution >= 4 is 15.5 Å². The van der Waals surface area contributed by atoms with Crippen molar-refractivity contribution in [3.63, 3.8) is 0 Å². The summed E-state index contributed by atoms with van der Waals surface area (Å²) in [4.78, 5) is 0.375. The summed E-state index contributed by atoms with van der Waals surface area (Å²) in [5.74, 6) is 0.752. The van der Waals surface area contributed by atoms with Gasteiger partial charge in [-0.25, -0.2) is 8.42 Å².